The van der Waals surface area contributed by atoms with E-state index in [-0.39, 0.29) is 12.4 Å². The summed E-state index contributed by atoms with van der Waals surface area (Å²) in [6, 6.07) is 1.43. The van der Waals surface area contributed by atoms with Gasteiger partial charge in [-0.1, -0.05) is 5.92 Å². The smallest absolute Gasteiger partial charge is 0.383 e. The molecular weight excluding hydrogens is 301 g/mol. The van der Waals surface area contributed by atoms with E-state index in [0.717, 1.165) is 0 Å². The first-order chi connectivity index (χ1) is 9.80. The Bertz CT molecular complexity index is 663. The SMILES string of the molecule is C#CC1C[C@@H](COP(=O)(O)O)O[C@H]1n1ccc(N)nc1=O. The molecule has 1 aliphatic rings. The number of rotatable bonds is 4. The zero-order chi connectivity index (χ0) is 15.6. The summed E-state index contributed by atoms with van der Waals surface area (Å²) in [5.74, 6) is 2.12. The van der Waals surface area contributed by atoms with Crippen molar-refractivity contribution in [2.75, 3.05) is 12.3 Å². The van der Waals surface area contributed by atoms with Gasteiger partial charge in [-0.2, -0.15) is 4.98 Å². The third-order valence-corrected chi connectivity index (χ3v) is 3.45. The molecular formula is C11H14N3O6P. The van der Waals surface area contributed by atoms with Crippen molar-refractivity contribution >= 4 is 13.6 Å². The van der Waals surface area contributed by atoms with Crippen molar-refractivity contribution in [1.29, 1.82) is 0 Å². The van der Waals surface area contributed by atoms with E-state index < -0.39 is 31.8 Å². The van der Waals surface area contributed by atoms with Gasteiger partial charge in [0.05, 0.1) is 18.6 Å². The summed E-state index contributed by atoms with van der Waals surface area (Å²) in [6.45, 7) is -0.323. The zero-order valence-corrected chi connectivity index (χ0v) is 11.7. The van der Waals surface area contributed by atoms with Gasteiger partial charge in [-0.25, -0.2) is 9.36 Å². The van der Waals surface area contributed by atoms with E-state index >= 15 is 0 Å². The second-order valence-electron chi connectivity index (χ2n) is 4.49. The van der Waals surface area contributed by atoms with Crippen molar-refractivity contribution in [1.82, 2.24) is 9.55 Å². The molecule has 2 rings (SSSR count). The Kier molecular flexibility index (Phi) is 4.46. The molecule has 0 radical (unpaired) electrons. The predicted octanol–water partition coefficient (Wildman–Crippen LogP) is -0.528. The predicted molar refractivity (Wildman–Crippen MR) is 71.8 cm³/mol. The average Bonchev–Trinajstić information content (AvgIpc) is 2.79. The fourth-order valence-electron chi connectivity index (χ4n) is 2.06. The topological polar surface area (TPSA) is 137 Å². The van der Waals surface area contributed by atoms with Crippen molar-refractivity contribution in [2.24, 2.45) is 5.92 Å². The summed E-state index contributed by atoms with van der Waals surface area (Å²) in [5, 5.41) is 0. The summed E-state index contributed by atoms with van der Waals surface area (Å²) in [7, 11) is -4.58. The third-order valence-electron chi connectivity index (χ3n) is 2.96. The fraction of sp³-hybridized carbons (Fsp3) is 0.455. The van der Waals surface area contributed by atoms with Gasteiger partial charge in [0.1, 0.15) is 5.82 Å². The van der Waals surface area contributed by atoms with Gasteiger partial charge in [0.25, 0.3) is 0 Å². The van der Waals surface area contributed by atoms with Crippen molar-refractivity contribution in [3.05, 3.63) is 22.7 Å². The lowest BCUT2D eigenvalue weighted by Gasteiger charge is -2.17. The Morgan fingerprint density at radius 1 is 1.67 bits per heavy atom. The van der Waals surface area contributed by atoms with E-state index in [0.29, 0.717) is 6.42 Å². The molecule has 0 saturated carbocycles. The first-order valence-electron chi connectivity index (χ1n) is 5.96. The second-order valence-corrected chi connectivity index (χ2v) is 5.73. The molecule has 10 heteroatoms. The number of hydrogen-bond acceptors (Lipinski definition) is 6. The Morgan fingerprint density at radius 3 is 2.95 bits per heavy atom. The molecule has 1 aromatic rings. The summed E-state index contributed by atoms with van der Waals surface area (Å²) >= 11 is 0. The van der Waals surface area contributed by atoms with Crippen LogP contribution < -0.4 is 11.4 Å². The number of hydrogen-bond donors (Lipinski definition) is 3. The monoisotopic (exact) mass is 315 g/mol. The lowest BCUT2D eigenvalue weighted by Crippen LogP contribution is -2.30. The van der Waals surface area contributed by atoms with Gasteiger partial charge >= 0.3 is 13.5 Å². The van der Waals surface area contributed by atoms with E-state index in [9.17, 15) is 9.36 Å². The highest BCUT2D eigenvalue weighted by atomic mass is 31.2. The van der Waals surface area contributed by atoms with E-state index in [1.54, 1.807) is 0 Å². The fourth-order valence-corrected chi connectivity index (χ4v) is 2.42. The van der Waals surface area contributed by atoms with Crippen LogP contribution >= 0.6 is 7.82 Å². The molecule has 3 atom stereocenters. The van der Waals surface area contributed by atoms with Gasteiger partial charge in [0.2, 0.25) is 0 Å². The Morgan fingerprint density at radius 2 is 2.38 bits per heavy atom. The summed E-state index contributed by atoms with van der Waals surface area (Å²) in [5.41, 5.74) is 4.79. The Hall–Kier alpha value is -1.69. The van der Waals surface area contributed by atoms with Gasteiger partial charge in [-0.3, -0.25) is 9.09 Å². The normalized spacial score (nSPS) is 25.7. The van der Waals surface area contributed by atoms with Crippen molar-refractivity contribution in [3.63, 3.8) is 0 Å². The molecule has 0 bridgehead atoms. The highest BCUT2D eigenvalue weighted by Gasteiger charge is 2.37. The number of aromatic nitrogens is 2. The van der Waals surface area contributed by atoms with Crippen molar-refractivity contribution < 1.29 is 23.6 Å². The lowest BCUT2D eigenvalue weighted by atomic mass is 10.0. The van der Waals surface area contributed by atoms with E-state index in [4.69, 9.17) is 26.7 Å². The second kappa shape index (κ2) is 5.97. The summed E-state index contributed by atoms with van der Waals surface area (Å²) in [6.07, 6.45) is 5.70. The molecule has 21 heavy (non-hydrogen) atoms. The van der Waals surface area contributed by atoms with Gasteiger partial charge in [0, 0.05) is 6.20 Å². The number of nitrogens with zero attached hydrogens (tertiary/aromatic N) is 2. The first-order valence-corrected chi connectivity index (χ1v) is 7.49. The number of anilines is 1. The maximum Gasteiger partial charge on any atom is 0.469 e. The molecule has 0 spiro atoms. The van der Waals surface area contributed by atoms with Crippen LogP contribution in [0.3, 0.4) is 0 Å². The van der Waals surface area contributed by atoms with E-state index in [2.05, 4.69) is 15.4 Å². The minimum atomic E-state index is -4.58. The highest BCUT2D eigenvalue weighted by Crippen LogP contribution is 2.39. The lowest BCUT2D eigenvalue weighted by molar-refractivity contribution is -0.0299. The third kappa shape index (κ3) is 3.91. The zero-order valence-electron chi connectivity index (χ0n) is 10.8. The first kappa shape index (κ1) is 15.7. The number of phosphoric ester groups is 1. The number of phosphoric acid groups is 1. The molecule has 1 aromatic heterocycles. The van der Waals surface area contributed by atoms with Gasteiger partial charge in [-0.05, 0) is 12.5 Å². The van der Waals surface area contributed by atoms with Crippen LogP contribution in [0.15, 0.2) is 17.1 Å². The van der Waals surface area contributed by atoms with Crippen LogP contribution in [-0.4, -0.2) is 32.0 Å². The van der Waals surface area contributed by atoms with Crippen LogP contribution in [0.4, 0.5) is 5.82 Å². The van der Waals surface area contributed by atoms with Gasteiger partial charge < -0.3 is 20.3 Å². The minimum absolute atomic E-state index is 0.0767. The number of terminal acetylenes is 1. The van der Waals surface area contributed by atoms with Crippen LogP contribution in [-0.2, 0) is 13.8 Å². The largest absolute Gasteiger partial charge is 0.469 e. The summed E-state index contributed by atoms with van der Waals surface area (Å²) < 4.78 is 21.8. The molecule has 4 N–H and O–H groups in total. The average molecular weight is 315 g/mol. The summed E-state index contributed by atoms with van der Waals surface area (Å²) in [4.78, 5) is 32.7. The van der Waals surface area contributed by atoms with Crippen molar-refractivity contribution in [3.8, 4) is 12.3 Å². The quantitative estimate of drug-likeness (QED) is 0.498. The number of nitrogens with two attached hydrogens (primary N) is 1. The molecule has 1 fully saturated rings. The molecule has 114 valence electrons. The number of ether oxygens (including phenoxy) is 1. The van der Waals surface area contributed by atoms with Crippen LogP contribution in [0.5, 0.6) is 0 Å². The molecule has 0 amide bonds. The van der Waals surface area contributed by atoms with Crippen molar-refractivity contribution in [2.45, 2.75) is 18.8 Å². The molecule has 1 unspecified atom stereocenters. The van der Waals surface area contributed by atoms with Crippen LogP contribution in [0.2, 0.25) is 0 Å². The van der Waals surface area contributed by atoms with Crippen LogP contribution in [0, 0.1) is 18.3 Å². The van der Waals surface area contributed by atoms with E-state index in [1.807, 2.05) is 0 Å². The maximum atomic E-state index is 11.8. The molecule has 9 nitrogen and oxygen atoms in total. The Balaban J connectivity index is 2.15. The van der Waals surface area contributed by atoms with Crippen LogP contribution in [0.25, 0.3) is 0 Å². The van der Waals surface area contributed by atoms with Crippen LogP contribution in [0.1, 0.15) is 12.6 Å². The molecule has 2 heterocycles. The molecule has 0 aliphatic carbocycles. The molecule has 0 aromatic carbocycles. The van der Waals surface area contributed by atoms with Gasteiger partial charge in [-0.15, -0.1) is 6.42 Å². The Labute approximate surface area is 119 Å². The highest BCUT2D eigenvalue weighted by molar-refractivity contribution is 7.46. The number of nitrogen functional groups attached to an aromatic ring is 1. The standard InChI is InChI=1S/C11H14N3O6P/c1-2-7-5-8(6-19-21(16,17)18)20-10(7)14-4-3-9(12)13-11(14)15/h1,3-4,7-8,10H,5-6H2,(H2,12,13,15)(H2,16,17,18)/t7?,8-,10+/m0/s1. The molecule has 1 saturated heterocycles. The maximum absolute atomic E-state index is 11.8. The van der Waals surface area contributed by atoms with Gasteiger partial charge in [0.15, 0.2) is 6.23 Å². The minimum Gasteiger partial charge on any atom is -0.383 e. The van der Waals surface area contributed by atoms with E-state index in [1.165, 1.54) is 16.8 Å². The molecule has 1 aliphatic heterocycles.